The van der Waals surface area contributed by atoms with Crippen molar-refractivity contribution in [2.45, 2.75) is 52.2 Å². The Kier molecular flexibility index (Phi) is 3.61. The third-order valence-corrected chi connectivity index (χ3v) is 4.21. The van der Waals surface area contributed by atoms with Crippen LogP contribution in [0.2, 0.25) is 0 Å². The topological polar surface area (TPSA) is 59.8 Å². The van der Waals surface area contributed by atoms with Crippen molar-refractivity contribution in [2.75, 3.05) is 13.1 Å². The molecule has 0 saturated carbocycles. The van der Waals surface area contributed by atoms with Crippen LogP contribution in [0.1, 0.15) is 58.9 Å². The van der Waals surface area contributed by atoms with Crippen LogP contribution in [0.15, 0.2) is 4.42 Å². The van der Waals surface area contributed by atoms with Gasteiger partial charge in [-0.1, -0.05) is 0 Å². The summed E-state index contributed by atoms with van der Waals surface area (Å²) in [6.07, 6.45) is 2.13. The average Bonchev–Trinajstić information content (AvgIpc) is 2.75. The Bertz CT molecular complexity index is 579. The highest BCUT2D eigenvalue weighted by Gasteiger charge is 2.33. The summed E-state index contributed by atoms with van der Waals surface area (Å²) < 4.78 is 11.4. The summed E-state index contributed by atoms with van der Waals surface area (Å²) in [5.74, 6) is 0.981. The van der Waals surface area contributed by atoms with E-state index in [9.17, 15) is 9.59 Å². The van der Waals surface area contributed by atoms with E-state index in [1.807, 2.05) is 20.8 Å². The van der Waals surface area contributed by atoms with Crippen molar-refractivity contribution in [3.8, 4) is 0 Å². The fraction of sp³-hybridized carbons (Fsp3) is 0.625. The fourth-order valence-electron chi connectivity index (χ4n) is 3.34. The van der Waals surface area contributed by atoms with Crippen molar-refractivity contribution < 1.29 is 18.7 Å². The van der Waals surface area contributed by atoms with Gasteiger partial charge in [-0.3, -0.25) is 9.59 Å². The van der Waals surface area contributed by atoms with Gasteiger partial charge in [0.05, 0.1) is 17.8 Å². The van der Waals surface area contributed by atoms with E-state index in [0.717, 1.165) is 12.8 Å². The SMILES string of the molecule is Cc1c(C(=O)N2C[C@H](C)O[C@@H](C)C2)oc2c1C(=O)CCC2. The molecular formula is C16H21NO4. The van der Waals surface area contributed by atoms with Crippen molar-refractivity contribution in [3.05, 3.63) is 22.6 Å². The van der Waals surface area contributed by atoms with Gasteiger partial charge in [-0.2, -0.15) is 0 Å². The molecule has 0 aromatic carbocycles. The molecule has 0 N–H and O–H groups in total. The second kappa shape index (κ2) is 5.30. The minimum atomic E-state index is -0.128. The molecule has 0 unspecified atom stereocenters. The molecule has 2 atom stereocenters. The molecule has 2 heterocycles. The van der Waals surface area contributed by atoms with E-state index in [1.54, 1.807) is 4.90 Å². The van der Waals surface area contributed by atoms with Crippen LogP contribution in [0.5, 0.6) is 0 Å². The van der Waals surface area contributed by atoms with E-state index < -0.39 is 0 Å². The van der Waals surface area contributed by atoms with Crippen LogP contribution in [0.3, 0.4) is 0 Å². The summed E-state index contributed by atoms with van der Waals surface area (Å²) in [6, 6.07) is 0. The molecule has 1 aliphatic heterocycles. The van der Waals surface area contributed by atoms with Gasteiger partial charge in [0.1, 0.15) is 5.76 Å². The van der Waals surface area contributed by atoms with E-state index in [1.165, 1.54) is 0 Å². The van der Waals surface area contributed by atoms with Crippen molar-refractivity contribution in [1.82, 2.24) is 4.90 Å². The molecule has 114 valence electrons. The number of furan rings is 1. The first-order valence-electron chi connectivity index (χ1n) is 7.57. The minimum absolute atomic E-state index is 0.0178. The molecule has 1 aromatic rings. The average molecular weight is 291 g/mol. The summed E-state index contributed by atoms with van der Waals surface area (Å²) in [5.41, 5.74) is 1.34. The number of rotatable bonds is 1. The molecule has 3 rings (SSSR count). The van der Waals surface area contributed by atoms with E-state index in [-0.39, 0.29) is 23.9 Å². The number of carbonyl (C=O) groups excluding carboxylic acids is 2. The van der Waals surface area contributed by atoms with Crippen molar-refractivity contribution in [2.24, 2.45) is 0 Å². The molecule has 1 aliphatic carbocycles. The second-order valence-corrected chi connectivity index (χ2v) is 6.10. The predicted molar refractivity (Wildman–Crippen MR) is 76.6 cm³/mol. The summed E-state index contributed by atoms with van der Waals surface area (Å²) in [5, 5.41) is 0. The van der Waals surface area contributed by atoms with E-state index >= 15 is 0 Å². The first-order valence-corrected chi connectivity index (χ1v) is 7.57. The molecule has 21 heavy (non-hydrogen) atoms. The smallest absolute Gasteiger partial charge is 0.290 e. The molecule has 1 saturated heterocycles. The van der Waals surface area contributed by atoms with Crippen LogP contribution in [-0.4, -0.2) is 41.9 Å². The van der Waals surface area contributed by atoms with Crippen molar-refractivity contribution in [3.63, 3.8) is 0 Å². The van der Waals surface area contributed by atoms with Crippen LogP contribution in [-0.2, 0) is 11.2 Å². The van der Waals surface area contributed by atoms with E-state index in [4.69, 9.17) is 9.15 Å². The van der Waals surface area contributed by atoms with Gasteiger partial charge >= 0.3 is 0 Å². The third kappa shape index (κ3) is 2.50. The molecule has 1 aromatic heterocycles. The molecule has 0 bridgehead atoms. The third-order valence-electron chi connectivity index (χ3n) is 4.21. The Labute approximate surface area is 124 Å². The van der Waals surface area contributed by atoms with Crippen LogP contribution >= 0.6 is 0 Å². The molecule has 5 nitrogen and oxygen atoms in total. The Morgan fingerprint density at radius 3 is 2.48 bits per heavy atom. The number of carbonyl (C=O) groups is 2. The molecule has 2 aliphatic rings. The summed E-state index contributed by atoms with van der Waals surface area (Å²) in [6.45, 7) is 6.84. The number of aryl methyl sites for hydroxylation is 1. The second-order valence-electron chi connectivity index (χ2n) is 6.10. The maximum Gasteiger partial charge on any atom is 0.290 e. The molecule has 5 heteroatoms. The lowest BCUT2D eigenvalue weighted by Gasteiger charge is -2.34. The maximum absolute atomic E-state index is 12.7. The predicted octanol–water partition coefficient (Wildman–Crippen LogP) is 2.36. The van der Waals surface area contributed by atoms with Gasteiger partial charge in [-0.05, 0) is 27.2 Å². The highest BCUT2D eigenvalue weighted by molar-refractivity contribution is 6.03. The largest absolute Gasteiger partial charge is 0.455 e. The standard InChI is InChI=1S/C16H21NO4/c1-9-7-17(8-10(2)20-9)16(19)15-11(3)14-12(18)5-4-6-13(14)21-15/h9-10H,4-8H2,1-3H3/t9-,10-/m0/s1. The van der Waals surface area contributed by atoms with Crippen LogP contribution in [0.25, 0.3) is 0 Å². The zero-order chi connectivity index (χ0) is 15.1. The number of ketones is 1. The summed E-state index contributed by atoms with van der Waals surface area (Å²) in [4.78, 5) is 26.5. The minimum Gasteiger partial charge on any atom is -0.455 e. The fourth-order valence-corrected chi connectivity index (χ4v) is 3.34. The van der Waals surface area contributed by atoms with Crippen LogP contribution in [0, 0.1) is 6.92 Å². The molecule has 1 fully saturated rings. The lowest BCUT2D eigenvalue weighted by molar-refractivity contribution is -0.0592. The van der Waals surface area contributed by atoms with Crippen LogP contribution < -0.4 is 0 Å². The first-order chi connectivity index (χ1) is 9.97. The van der Waals surface area contributed by atoms with Gasteiger partial charge in [0, 0.05) is 31.5 Å². The van der Waals surface area contributed by atoms with E-state index in [0.29, 0.717) is 42.2 Å². The number of ether oxygens (including phenoxy) is 1. The highest BCUT2D eigenvalue weighted by atomic mass is 16.5. The van der Waals surface area contributed by atoms with Gasteiger partial charge < -0.3 is 14.1 Å². The summed E-state index contributed by atoms with van der Waals surface area (Å²) >= 11 is 0. The highest BCUT2D eigenvalue weighted by Crippen LogP contribution is 2.30. The quantitative estimate of drug-likeness (QED) is 0.797. The van der Waals surface area contributed by atoms with Gasteiger partial charge in [0.15, 0.2) is 11.5 Å². The Balaban J connectivity index is 1.90. The normalized spacial score (nSPS) is 25.9. The Morgan fingerprint density at radius 1 is 1.19 bits per heavy atom. The number of fused-ring (bicyclic) bond motifs is 1. The van der Waals surface area contributed by atoms with Gasteiger partial charge in [-0.15, -0.1) is 0 Å². The summed E-state index contributed by atoms with van der Waals surface area (Å²) in [7, 11) is 0. The monoisotopic (exact) mass is 291 g/mol. The zero-order valence-corrected chi connectivity index (χ0v) is 12.8. The van der Waals surface area contributed by atoms with Crippen molar-refractivity contribution >= 4 is 11.7 Å². The van der Waals surface area contributed by atoms with Crippen molar-refractivity contribution in [1.29, 1.82) is 0 Å². The Morgan fingerprint density at radius 2 is 1.86 bits per heavy atom. The molecule has 1 amide bonds. The zero-order valence-electron chi connectivity index (χ0n) is 12.8. The first kappa shape index (κ1) is 14.3. The maximum atomic E-state index is 12.7. The number of hydrogen-bond acceptors (Lipinski definition) is 4. The number of amides is 1. The van der Waals surface area contributed by atoms with Gasteiger partial charge in [-0.25, -0.2) is 0 Å². The number of morpholine rings is 1. The lowest BCUT2D eigenvalue weighted by atomic mass is 9.94. The number of Topliss-reactive ketones (excluding diaryl/α,β-unsaturated/α-hetero) is 1. The van der Waals surface area contributed by atoms with Crippen LogP contribution in [0.4, 0.5) is 0 Å². The van der Waals surface area contributed by atoms with Gasteiger partial charge in [0.2, 0.25) is 0 Å². The molecule has 0 radical (unpaired) electrons. The number of hydrogen-bond donors (Lipinski definition) is 0. The molecular weight excluding hydrogens is 270 g/mol. The van der Waals surface area contributed by atoms with E-state index in [2.05, 4.69) is 0 Å². The van der Waals surface area contributed by atoms with Gasteiger partial charge in [0.25, 0.3) is 5.91 Å². The number of nitrogens with zero attached hydrogens (tertiary/aromatic N) is 1. The lowest BCUT2D eigenvalue weighted by Crippen LogP contribution is -2.48. The Hall–Kier alpha value is -1.62. The molecule has 0 spiro atoms.